The predicted octanol–water partition coefficient (Wildman–Crippen LogP) is 3.00. The summed E-state index contributed by atoms with van der Waals surface area (Å²) < 4.78 is 5.94. The molecule has 0 aliphatic heterocycles. The van der Waals surface area contributed by atoms with Crippen LogP contribution in [0.25, 0.3) is 0 Å². The minimum absolute atomic E-state index is 0.160. The zero-order chi connectivity index (χ0) is 11.6. The monoisotopic (exact) mass is 241 g/mol. The molecule has 1 fully saturated rings. The Morgan fingerprint density at radius 3 is 2.75 bits per heavy atom. The van der Waals surface area contributed by atoms with Gasteiger partial charge in [0.2, 0.25) is 0 Å². The standard InChI is InChI=1S/C12H19NO2S/c1-3-15-12(6-4-5-7-12)11-13-8-10(16-11)9(2)14/h8-9,14H,3-7H2,1-2H3. The fraction of sp³-hybridized carbons (Fsp3) is 0.750. The fourth-order valence-electron chi connectivity index (χ4n) is 2.33. The maximum absolute atomic E-state index is 9.52. The zero-order valence-corrected chi connectivity index (χ0v) is 10.7. The lowest BCUT2D eigenvalue weighted by Gasteiger charge is -2.26. The Labute approximate surface area is 100 Å². The number of aromatic nitrogens is 1. The molecule has 0 amide bonds. The molecule has 1 aromatic heterocycles. The van der Waals surface area contributed by atoms with E-state index in [1.54, 1.807) is 24.5 Å². The van der Waals surface area contributed by atoms with Gasteiger partial charge in [-0.25, -0.2) is 4.98 Å². The summed E-state index contributed by atoms with van der Waals surface area (Å²) >= 11 is 1.59. The van der Waals surface area contributed by atoms with Crippen molar-refractivity contribution in [2.75, 3.05) is 6.61 Å². The van der Waals surface area contributed by atoms with Crippen LogP contribution in [0.4, 0.5) is 0 Å². The van der Waals surface area contributed by atoms with E-state index in [2.05, 4.69) is 4.98 Å². The van der Waals surface area contributed by atoms with Gasteiger partial charge in [-0.1, -0.05) is 12.8 Å². The van der Waals surface area contributed by atoms with E-state index in [0.29, 0.717) is 0 Å². The molecule has 1 aliphatic carbocycles. The molecule has 1 aliphatic rings. The predicted molar refractivity (Wildman–Crippen MR) is 64.5 cm³/mol. The maximum atomic E-state index is 9.52. The van der Waals surface area contributed by atoms with E-state index in [1.165, 1.54) is 12.8 Å². The second-order valence-electron chi connectivity index (χ2n) is 4.38. The Balaban J connectivity index is 2.24. The van der Waals surface area contributed by atoms with Crippen molar-refractivity contribution < 1.29 is 9.84 Å². The first-order valence-electron chi connectivity index (χ1n) is 5.96. The average Bonchev–Trinajstić information content (AvgIpc) is 2.85. The van der Waals surface area contributed by atoms with Crippen molar-refractivity contribution in [2.45, 2.75) is 51.2 Å². The van der Waals surface area contributed by atoms with E-state index >= 15 is 0 Å². The Kier molecular flexibility index (Phi) is 3.62. The first-order valence-corrected chi connectivity index (χ1v) is 6.78. The maximum Gasteiger partial charge on any atom is 0.125 e. The van der Waals surface area contributed by atoms with Crippen LogP contribution in [0.3, 0.4) is 0 Å². The minimum atomic E-state index is -0.425. The number of hydrogen-bond donors (Lipinski definition) is 1. The van der Waals surface area contributed by atoms with Crippen molar-refractivity contribution >= 4 is 11.3 Å². The lowest BCUT2D eigenvalue weighted by atomic mass is 10.0. The summed E-state index contributed by atoms with van der Waals surface area (Å²) in [5, 5.41) is 10.6. The summed E-state index contributed by atoms with van der Waals surface area (Å²) in [6.45, 7) is 4.53. The van der Waals surface area contributed by atoms with E-state index in [-0.39, 0.29) is 5.60 Å². The molecule has 1 aromatic rings. The summed E-state index contributed by atoms with van der Waals surface area (Å²) in [5.74, 6) is 0. The number of nitrogens with zero attached hydrogens (tertiary/aromatic N) is 1. The molecule has 16 heavy (non-hydrogen) atoms. The minimum Gasteiger partial charge on any atom is -0.388 e. The second kappa shape index (κ2) is 4.82. The third-order valence-corrected chi connectivity index (χ3v) is 4.51. The van der Waals surface area contributed by atoms with E-state index in [9.17, 15) is 5.11 Å². The van der Waals surface area contributed by atoms with E-state index in [4.69, 9.17) is 4.74 Å². The number of ether oxygens (including phenoxy) is 1. The van der Waals surface area contributed by atoms with Crippen LogP contribution in [0.1, 0.15) is 55.5 Å². The molecule has 1 N–H and O–H groups in total. The van der Waals surface area contributed by atoms with Gasteiger partial charge in [-0.15, -0.1) is 11.3 Å². The largest absolute Gasteiger partial charge is 0.388 e. The topological polar surface area (TPSA) is 42.4 Å². The summed E-state index contributed by atoms with van der Waals surface area (Å²) in [5.41, 5.74) is -0.160. The van der Waals surface area contributed by atoms with Crippen molar-refractivity contribution in [3.05, 3.63) is 16.1 Å². The molecular weight excluding hydrogens is 222 g/mol. The number of hydrogen-bond acceptors (Lipinski definition) is 4. The summed E-state index contributed by atoms with van der Waals surface area (Å²) in [6, 6.07) is 0. The molecule has 1 saturated carbocycles. The first-order chi connectivity index (χ1) is 7.68. The van der Waals surface area contributed by atoms with Crippen LogP contribution < -0.4 is 0 Å². The van der Waals surface area contributed by atoms with Gasteiger partial charge in [-0.05, 0) is 26.7 Å². The Hall–Kier alpha value is -0.450. The molecule has 3 nitrogen and oxygen atoms in total. The van der Waals surface area contributed by atoms with Gasteiger partial charge in [0.15, 0.2) is 0 Å². The zero-order valence-electron chi connectivity index (χ0n) is 9.90. The van der Waals surface area contributed by atoms with Gasteiger partial charge in [-0.2, -0.15) is 0 Å². The lowest BCUT2D eigenvalue weighted by molar-refractivity contribution is -0.0391. The fourth-order valence-corrected chi connectivity index (χ4v) is 3.39. The molecule has 0 spiro atoms. The molecule has 4 heteroatoms. The molecule has 90 valence electrons. The molecule has 0 radical (unpaired) electrons. The first kappa shape index (κ1) is 12.0. The van der Waals surface area contributed by atoms with Gasteiger partial charge < -0.3 is 9.84 Å². The van der Waals surface area contributed by atoms with Crippen LogP contribution in [0, 0.1) is 0 Å². The van der Waals surface area contributed by atoms with Crippen molar-refractivity contribution in [3.63, 3.8) is 0 Å². The molecular formula is C12H19NO2S. The van der Waals surface area contributed by atoms with Gasteiger partial charge in [0.1, 0.15) is 10.6 Å². The Morgan fingerprint density at radius 1 is 1.56 bits per heavy atom. The highest BCUT2D eigenvalue weighted by molar-refractivity contribution is 7.11. The van der Waals surface area contributed by atoms with Crippen LogP contribution in [-0.2, 0) is 10.3 Å². The number of aliphatic hydroxyl groups is 1. The molecule has 0 saturated heterocycles. The Bertz CT molecular complexity index is 343. The highest BCUT2D eigenvalue weighted by Gasteiger charge is 2.39. The molecule has 1 atom stereocenters. The molecule has 1 heterocycles. The number of thiazole rings is 1. The summed E-state index contributed by atoms with van der Waals surface area (Å²) in [4.78, 5) is 5.38. The number of aliphatic hydroxyl groups excluding tert-OH is 1. The van der Waals surface area contributed by atoms with Crippen molar-refractivity contribution in [3.8, 4) is 0 Å². The highest BCUT2D eigenvalue weighted by Crippen LogP contribution is 2.44. The molecule has 0 bridgehead atoms. The molecule has 0 aromatic carbocycles. The summed E-state index contributed by atoms with van der Waals surface area (Å²) in [6.07, 6.45) is 5.91. The van der Waals surface area contributed by atoms with Crippen molar-refractivity contribution in [1.82, 2.24) is 4.98 Å². The quantitative estimate of drug-likeness (QED) is 0.881. The van der Waals surface area contributed by atoms with E-state index < -0.39 is 6.10 Å². The third kappa shape index (κ3) is 2.14. The third-order valence-electron chi connectivity index (χ3n) is 3.16. The number of rotatable bonds is 4. The summed E-state index contributed by atoms with van der Waals surface area (Å²) in [7, 11) is 0. The molecule has 2 rings (SSSR count). The SMILES string of the molecule is CCOC1(c2ncc(C(C)O)s2)CCCC1. The van der Waals surface area contributed by atoms with Crippen LogP contribution in [0.2, 0.25) is 0 Å². The average molecular weight is 241 g/mol. The van der Waals surface area contributed by atoms with Crippen LogP contribution in [-0.4, -0.2) is 16.7 Å². The normalized spacial score (nSPS) is 21.2. The van der Waals surface area contributed by atoms with Gasteiger partial charge >= 0.3 is 0 Å². The van der Waals surface area contributed by atoms with Gasteiger partial charge in [0, 0.05) is 12.8 Å². The second-order valence-corrected chi connectivity index (χ2v) is 5.44. The van der Waals surface area contributed by atoms with Crippen molar-refractivity contribution in [1.29, 1.82) is 0 Å². The van der Waals surface area contributed by atoms with Crippen LogP contribution >= 0.6 is 11.3 Å². The van der Waals surface area contributed by atoms with E-state index in [1.807, 2.05) is 6.92 Å². The molecule has 1 unspecified atom stereocenters. The van der Waals surface area contributed by atoms with Gasteiger partial charge in [-0.3, -0.25) is 0 Å². The van der Waals surface area contributed by atoms with E-state index in [0.717, 1.165) is 29.3 Å². The van der Waals surface area contributed by atoms with Gasteiger partial charge in [0.25, 0.3) is 0 Å². The van der Waals surface area contributed by atoms with Crippen LogP contribution in [0.15, 0.2) is 6.20 Å². The highest BCUT2D eigenvalue weighted by atomic mass is 32.1. The Morgan fingerprint density at radius 2 is 2.25 bits per heavy atom. The smallest absolute Gasteiger partial charge is 0.125 e. The van der Waals surface area contributed by atoms with Crippen molar-refractivity contribution in [2.24, 2.45) is 0 Å². The van der Waals surface area contributed by atoms with Gasteiger partial charge in [0.05, 0.1) is 11.0 Å². The lowest BCUT2D eigenvalue weighted by Crippen LogP contribution is -2.25. The van der Waals surface area contributed by atoms with Crippen LogP contribution in [0.5, 0.6) is 0 Å².